The number of carboxylic acid groups (broad SMARTS) is 1. The summed E-state index contributed by atoms with van der Waals surface area (Å²) < 4.78 is 15.6. The highest BCUT2D eigenvalue weighted by atomic mass is 19.1. The average molecular weight is 395 g/mol. The van der Waals surface area contributed by atoms with Crippen molar-refractivity contribution in [1.29, 1.82) is 0 Å². The molecule has 2 atom stereocenters. The fraction of sp³-hybridized carbons (Fsp3) is 0.333. The molecule has 0 aliphatic carbocycles. The second-order valence-electron chi connectivity index (χ2n) is 7.70. The van der Waals surface area contributed by atoms with E-state index in [4.69, 9.17) is 4.98 Å². The third kappa shape index (κ3) is 3.14. The van der Waals surface area contributed by atoms with Gasteiger partial charge in [0.2, 0.25) is 0 Å². The number of hydrogen-bond acceptors (Lipinski definition) is 4. The van der Waals surface area contributed by atoms with Gasteiger partial charge in [0.25, 0.3) is 0 Å². The average Bonchev–Trinajstić information content (AvgIpc) is 3.27. The van der Waals surface area contributed by atoms with Gasteiger partial charge in [0, 0.05) is 41.0 Å². The monoisotopic (exact) mass is 395 g/mol. The molecule has 0 aromatic carbocycles. The van der Waals surface area contributed by atoms with Gasteiger partial charge in [-0.1, -0.05) is 13.8 Å². The predicted octanol–water partition coefficient (Wildman–Crippen LogP) is 4.52. The lowest BCUT2D eigenvalue weighted by Gasteiger charge is -2.19. The van der Waals surface area contributed by atoms with Crippen molar-refractivity contribution in [3.63, 3.8) is 0 Å². The molecule has 8 heteroatoms. The van der Waals surface area contributed by atoms with Gasteiger partial charge in [0.1, 0.15) is 17.1 Å². The topological polar surface area (TPSA) is 96.7 Å². The van der Waals surface area contributed by atoms with Crippen LogP contribution in [0.4, 0.5) is 4.39 Å². The first-order valence-electron chi connectivity index (χ1n) is 9.51. The molecule has 4 heterocycles. The third-order valence-corrected chi connectivity index (χ3v) is 5.51. The van der Waals surface area contributed by atoms with E-state index in [-0.39, 0.29) is 12.0 Å². The van der Waals surface area contributed by atoms with Gasteiger partial charge in [0.05, 0.1) is 12.1 Å². The lowest BCUT2D eigenvalue weighted by molar-refractivity contribution is -0.142. The van der Waals surface area contributed by atoms with Crippen molar-refractivity contribution in [3.8, 4) is 11.4 Å². The predicted molar refractivity (Wildman–Crippen MR) is 108 cm³/mol. The van der Waals surface area contributed by atoms with Crippen molar-refractivity contribution in [2.24, 2.45) is 5.92 Å². The Morgan fingerprint density at radius 2 is 1.93 bits per heavy atom. The van der Waals surface area contributed by atoms with Gasteiger partial charge in [-0.3, -0.25) is 4.79 Å². The fourth-order valence-corrected chi connectivity index (χ4v) is 3.56. The molecule has 0 saturated heterocycles. The van der Waals surface area contributed by atoms with Crippen LogP contribution in [0.3, 0.4) is 0 Å². The van der Waals surface area contributed by atoms with Crippen LogP contribution in [0.5, 0.6) is 0 Å². The Bertz CT molecular complexity index is 1230. The number of nitrogens with one attached hydrogen (secondary N) is 1. The quantitative estimate of drug-likeness (QED) is 0.518. The van der Waals surface area contributed by atoms with E-state index in [0.717, 1.165) is 17.1 Å². The van der Waals surface area contributed by atoms with E-state index in [1.165, 1.54) is 6.07 Å². The molecule has 0 unspecified atom stereocenters. The molecule has 0 fully saturated rings. The van der Waals surface area contributed by atoms with Crippen LogP contribution in [-0.4, -0.2) is 35.6 Å². The van der Waals surface area contributed by atoms with Gasteiger partial charge in [-0.15, -0.1) is 0 Å². The summed E-state index contributed by atoms with van der Waals surface area (Å²) in [4.78, 5) is 27.9. The molecule has 0 bridgehead atoms. The zero-order valence-corrected chi connectivity index (χ0v) is 16.6. The van der Waals surface area contributed by atoms with Crippen molar-refractivity contribution in [3.05, 3.63) is 42.2 Å². The summed E-state index contributed by atoms with van der Waals surface area (Å²) >= 11 is 0. The number of carbonyl (C=O) groups is 1. The number of aromatic nitrogens is 5. The van der Waals surface area contributed by atoms with Gasteiger partial charge in [0.15, 0.2) is 5.82 Å². The van der Waals surface area contributed by atoms with Crippen LogP contribution in [0.1, 0.15) is 45.2 Å². The van der Waals surface area contributed by atoms with Crippen LogP contribution < -0.4 is 0 Å². The maximum absolute atomic E-state index is 13.7. The van der Waals surface area contributed by atoms with Gasteiger partial charge in [-0.05, 0) is 31.4 Å². The largest absolute Gasteiger partial charge is 0.481 e. The third-order valence-electron chi connectivity index (χ3n) is 5.51. The van der Waals surface area contributed by atoms with Crippen LogP contribution in [0.2, 0.25) is 0 Å². The minimum atomic E-state index is -0.863. The van der Waals surface area contributed by atoms with Gasteiger partial charge in [-0.2, -0.15) is 0 Å². The van der Waals surface area contributed by atoms with E-state index in [0.29, 0.717) is 28.1 Å². The van der Waals surface area contributed by atoms with Crippen LogP contribution in [0.15, 0.2) is 30.9 Å². The van der Waals surface area contributed by atoms with E-state index in [9.17, 15) is 14.3 Å². The molecule has 0 aliphatic rings. The summed E-state index contributed by atoms with van der Waals surface area (Å²) in [5.41, 5.74) is 2.92. The van der Waals surface area contributed by atoms with Gasteiger partial charge in [-0.25, -0.2) is 19.3 Å². The zero-order valence-electron chi connectivity index (χ0n) is 16.6. The van der Waals surface area contributed by atoms with E-state index < -0.39 is 17.7 Å². The number of halogens is 1. The van der Waals surface area contributed by atoms with E-state index in [2.05, 4.69) is 28.8 Å². The molecule has 4 aromatic heterocycles. The number of aromatic amines is 1. The Balaban J connectivity index is 1.93. The summed E-state index contributed by atoms with van der Waals surface area (Å²) in [5.74, 6) is -1.23. The molecule has 0 aliphatic heterocycles. The van der Waals surface area contributed by atoms with Crippen LogP contribution in [0, 0.1) is 11.7 Å². The number of aliphatic carboxylic acids is 1. The highest BCUT2D eigenvalue weighted by molar-refractivity contribution is 5.93. The SMILES string of the molecule is CC(C)c1cn([C@H](C)[C@@H](C)C(=O)O)c2nc(-c3c[nH]c4ncc(F)cc34)ncc12. The number of hydrogen-bond donors (Lipinski definition) is 2. The summed E-state index contributed by atoms with van der Waals surface area (Å²) in [7, 11) is 0. The van der Waals surface area contributed by atoms with Crippen molar-refractivity contribution < 1.29 is 14.3 Å². The Morgan fingerprint density at radius 3 is 2.62 bits per heavy atom. The Hall–Kier alpha value is -3.29. The maximum atomic E-state index is 13.7. The van der Waals surface area contributed by atoms with E-state index in [1.807, 2.05) is 17.7 Å². The zero-order chi connectivity index (χ0) is 20.9. The van der Waals surface area contributed by atoms with E-state index >= 15 is 0 Å². The van der Waals surface area contributed by atoms with Crippen LogP contribution in [0.25, 0.3) is 33.5 Å². The molecule has 0 spiro atoms. The highest BCUT2D eigenvalue weighted by Crippen LogP contribution is 2.33. The summed E-state index contributed by atoms with van der Waals surface area (Å²) in [6.45, 7) is 7.71. The molecule has 4 aromatic rings. The molecule has 0 saturated carbocycles. The van der Waals surface area contributed by atoms with Crippen LogP contribution in [-0.2, 0) is 4.79 Å². The molecular formula is C21H22FN5O2. The van der Waals surface area contributed by atoms with Crippen molar-refractivity contribution in [2.75, 3.05) is 0 Å². The van der Waals surface area contributed by atoms with E-state index in [1.54, 1.807) is 19.3 Å². The number of nitrogens with zero attached hydrogens (tertiary/aromatic N) is 4. The first kappa shape index (κ1) is 19.0. The van der Waals surface area contributed by atoms with Crippen LogP contribution >= 0.6 is 0 Å². The second-order valence-corrected chi connectivity index (χ2v) is 7.70. The lowest BCUT2D eigenvalue weighted by atomic mass is 10.0. The number of H-pyrrole nitrogens is 1. The summed E-state index contributed by atoms with van der Waals surface area (Å²) in [6.07, 6.45) is 6.58. The second kappa shape index (κ2) is 6.95. The summed E-state index contributed by atoms with van der Waals surface area (Å²) in [5, 5.41) is 10.9. The lowest BCUT2D eigenvalue weighted by Crippen LogP contribution is -2.21. The Kier molecular flexibility index (Phi) is 4.56. The van der Waals surface area contributed by atoms with Crippen molar-refractivity contribution >= 4 is 28.0 Å². The number of pyridine rings is 1. The number of fused-ring (bicyclic) bond motifs is 2. The van der Waals surface area contributed by atoms with Gasteiger partial charge < -0.3 is 14.7 Å². The Labute approximate surface area is 166 Å². The highest BCUT2D eigenvalue weighted by Gasteiger charge is 2.25. The minimum Gasteiger partial charge on any atom is -0.481 e. The standard InChI is InChI=1S/C21H22FN5O2/c1-10(2)17-9-27(12(4)11(3)21(28)29)20-16(17)8-25-19(26-20)15-7-24-18-14(15)5-13(22)6-23-18/h5-12H,1-4H3,(H,23,24)(H,28,29)/t11-,12-/m1/s1. The Morgan fingerprint density at radius 1 is 1.17 bits per heavy atom. The molecule has 4 rings (SSSR count). The molecule has 2 N–H and O–H groups in total. The molecule has 0 radical (unpaired) electrons. The minimum absolute atomic E-state index is 0.229. The first-order chi connectivity index (χ1) is 13.8. The summed E-state index contributed by atoms with van der Waals surface area (Å²) in [6, 6.07) is 1.10. The number of carboxylic acids is 1. The van der Waals surface area contributed by atoms with Gasteiger partial charge >= 0.3 is 5.97 Å². The molecule has 150 valence electrons. The number of rotatable bonds is 5. The first-order valence-corrected chi connectivity index (χ1v) is 9.51. The van der Waals surface area contributed by atoms with Crippen molar-refractivity contribution in [2.45, 2.75) is 39.7 Å². The smallest absolute Gasteiger partial charge is 0.308 e. The normalized spacial score (nSPS) is 14.0. The molecular weight excluding hydrogens is 373 g/mol. The maximum Gasteiger partial charge on any atom is 0.308 e. The molecule has 29 heavy (non-hydrogen) atoms. The fourth-order valence-electron chi connectivity index (χ4n) is 3.56. The molecule has 7 nitrogen and oxygen atoms in total. The van der Waals surface area contributed by atoms with Crippen molar-refractivity contribution in [1.82, 2.24) is 24.5 Å². The molecule has 0 amide bonds.